The van der Waals surface area contributed by atoms with E-state index in [2.05, 4.69) is 60.1 Å². The Balaban J connectivity index is 2.64. The zero-order valence-corrected chi connectivity index (χ0v) is 12.8. The van der Waals surface area contributed by atoms with Crippen LogP contribution in [-0.2, 0) is 0 Å². The van der Waals surface area contributed by atoms with Crippen LogP contribution in [0.25, 0.3) is 0 Å². The van der Waals surface area contributed by atoms with Crippen LogP contribution in [0.4, 0.5) is 0 Å². The number of allylic oxidation sites excluding steroid dienone is 1. The maximum Gasteiger partial charge on any atom is 0.0672 e. The lowest BCUT2D eigenvalue weighted by Gasteiger charge is -2.21. The average molecular weight is 279 g/mol. The number of aliphatic imine (C=N–C) groups is 1. The molecule has 2 rings (SSSR count). The van der Waals surface area contributed by atoms with Crippen LogP contribution in [0.5, 0.6) is 0 Å². The summed E-state index contributed by atoms with van der Waals surface area (Å²) in [5.41, 5.74) is 5.78. The van der Waals surface area contributed by atoms with E-state index in [0.717, 1.165) is 11.3 Å². The Bertz CT molecular complexity index is 645. The summed E-state index contributed by atoms with van der Waals surface area (Å²) in [7, 11) is 1.87. The molecule has 1 unspecified atom stereocenters. The summed E-state index contributed by atoms with van der Waals surface area (Å²) in [6.45, 7) is 8.00. The Hall–Kier alpha value is -2.42. The molecule has 0 aliphatic heterocycles. The Morgan fingerprint density at radius 1 is 1.29 bits per heavy atom. The molecule has 0 amide bonds. The predicted octanol–water partition coefficient (Wildman–Crippen LogP) is 3.59. The molecule has 0 aliphatic carbocycles. The minimum atomic E-state index is 0.0311. The molecule has 0 bridgehead atoms. The normalized spacial score (nSPS) is 12.8. The second-order valence-electron chi connectivity index (χ2n) is 5.02. The van der Waals surface area contributed by atoms with Gasteiger partial charge >= 0.3 is 0 Å². The zero-order chi connectivity index (χ0) is 15.2. The maximum absolute atomic E-state index is 4.25. The van der Waals surface area contributed by atoms with Crippen molar-refractivity contribution < 1.29 is 0 Å². The van der Waals surface area contributed by atoms with Crippen LogP contribution in [0, 0.1) is 13.8 Å². The number of benzene rings is 1. The van der Waals surface area contributed by atoms with Crippen molar-refractivity contribution in [3.05, 3.63) is 76.9 Å². The zero-order valence-electron chi connectivity index (χ0n) is 12.8. The first-order valence-corrected chi connectivity index (χ1v) is 6.99. The number of nitrogens with one attached hydrogen (secondary N) is 1. The highest BCUT2D eigenvalue weighted by Crippen LogP contribution is 2.34. The van der Waals surface area contributed by atoms with Crippen LogP contribution in [0.15, 0.2) is 59.6 Å². The van der Waals surface area contributed by atoms with E-state index in [1.165, 1.54) is 16.7 Å². The van der Waals surface area contributed by atoms with Crippen LogP contribution < -0.4 is 5.32 Å². The van der Waals surface area contributed by atoms with Crippen LogP contribution in [-0.4, -0.2) is 18.7 Å². The number of aryl methyl sites for hydroxylation is 1. The van der Waals surface area contributed by atoms with Gasteiger partial charge in [-0.25, -0.2) is 0 Å². The molecule has 21 heavy (non-hydrogen) atoms. The molecule has 3 nitrogen and oxygen atoms in total. The summed E-state index contributed by atoms with van der Waals surface area (Å²) in [6.07, 6.45) is 5.57. The molecule has 1 aromatic heterocycles. The number of nitrogens with zero attached hydrogens (tertiary/aromatic N) is 2. The van der Waals surface area contributed by atoms with E-state index in [1.54, 1.807) is 6.20 Å². The fourth-order valence-electron chi connectivity index (χ4n) is 2.51. The molecule has 0 spiro atoms. The van der Waals surface area contributed by atoms with E-state index >= 15 is 0 Å². The van der Waals surface area contributed by atoms with Gasteiger partial charge in [0, 0.05) is 25.6 Å². The van der Waals surface area contributed by atoms with E-state index in [4.69, 9.17) is 0 Å². The average Bonchev–Trinajstić information content (AvgIpc) is 2.52. The topological polar surface area (TPSA) is 37.3 Å². The summed E-state index contributed by atoms with van der Waals surface area (Å²) in [6, 6.07) is 10.4. The molecule has 1 heterocycles. The van der Waals surface area contributed by atoms with Crippen LogP contribution in [0.2, 0.25) is 0 Å². The Morgan fingerprint density at radius 2 is 2.10 bits per heavy atom. The number of rotatable bonds is 5. The van der Waals surface area contributed by atoms with Crippen molar-refractivity contribution >= 4 is 6.72 Å². The molecule has 1 N–H and O–H groups in total. The second-order valence-corrected chi connectivity index (χ2v) is 5.02. The lowest BCUT2D eigenvalue weighted by atomic mass is 9.85. The van der Waals surface area contributed by atoms with Crippen LogP contribution >= 0.6 is 0 Å². The summed E-state index contributed by atoms with van der Waals surface area (Å²) in [5.74, 6) is 0.0311. The van der Waals surface area contributed by atoms with E-state index < -0.39 is 0 Å². The van der Waals surface area contributed by atoms with Gasteiger partial charge in [-0.2, -0.15) is 0 Å². The third-order valence-electron chi connectivity index (χ3n) is 3.75. The number of aromatic nitrogens is 1. The van der Waals surface area contributed by atoms with Crippen LogP contribution in [0.1, 0.15) is 28.2 Å². The number of pyridine rings is 1. The quantitative estimate of drug-likeness (QED) is 0.849. The highest BCUT2D eigenvalue weighted by atomic mass is 14.8. The first-order chi connectivity index (χ1) is 10.2. The van der Waals surface area contributed by atoms with Crippen molar-refractivity contribution in [2.24, 2.45) is 4.99 Å². The van der Waals surface area contributed by atoms with E-state index in [1.807, 2.05) is 25.5 Å². The maximum atomic E-state index is 4.25. The summed E-state index contributed by atoms with van der Waals surface area (Å²) < 4.78 is 0. The van der Waals surface area contributed by atoms with Crippen molar-refractivity contribution in [3.8, 4) is 0 Å². The van der Waals surface area contributed by atoms with Gasteiger partial charge in [-0.3, -0.25) is 9.98 Å². The Labute approximate surface area is 126 Å². The van der Waals surface area contributed by atoms with Crippen molar-refractivity contribution in [2.45, 2.75) is 19.8 Å². The molecule has 0 saturated carbocycles. The lowest BCUT2D eigenvalue weighted by Crippen LogP contribution is -2.09. The van der Waals surface area contributed by atoms with Crippen LogP contribution in [0.3, 0.4) is 0 Å². The van der Waals surface area contributed by atoms with Gasteiger partial charge in [-0.1, -0.05) is 24.3 Å². The molecule has 0 aliphatic rings. The highest BCUT2D eigenvalue weighted by Gasteiger charge is 2.21. The molecule has 0 radical (unpaired) electrons. The fourth-order valence-corrected chi connectivity index (χ4v) is 2.51. The van der Waals surface area contributed by atoms with Gasteiger partial charge in [0.2, 0.25) is 0 Å². The summed E-state index contributed by atoms with van der Waals surface area (Å²) >= 11 is 0. The van der Waals surface area contributed by atoms with Gasteiger partial charge < -0.3 is 5.32 Å². The van der Waals surface area contributed by atoms with Gasteiger partial charge in [0.1, 0.15) is 0 Å². The third kappa shape index (κ3) is 3.19. The van der Waals surface area contributed by atoms with Crippen molar-refractivity contribution in [2.75, 3.05) is 7.05 Å². The first-order valence-electron chi connectivity index (χ1n) is 6.99. The van der Waals surface area contributed by atoms with Crippen molar-refractivity contribution in [3.63, 3.8) is 0 Å². The van der Waals surface area contributed by atoms with Gasteiger partial charge in [-0.15, -0.1) is 0 Å². The molecule has 0 fully saturated rings. The lowest BCUT2D eigenvalue weighted by molar-refractivity contribution is 0.884. The predicted molar refractivity (Wildman–Crippen MR) is 88.7 cm³/mol. The van der Waals surface area contributed by atoms with Gasteiger partial charge in [0.15, 0.2) is 0 Å². The third-order valence-corrected chi connectivity index (χ3v) is 3.75. The molecular formula is C18H21N3. The minimum absolute atomic E-state index is 0.0311. The standard InChI is InChI=1S/C18H21N3/c1-13-7-5-9-16(14(13)2)18(17(20-4)12-19-3)15-8-6-10-21-11-15/h5-12,18-19H,4H2,1-3H3/b17-12-. The smallest absolute Gasteiger partial charge is 0.0672 e. The van der Waals surface area contributed by atoms with Gasteiger partial charge in [0.25, 0.3) is 0 Å². The fraction of sp³-hybridized carbons (Fsp3) is 0.222. The minimum Gasteiger partial charge on any atom is -0.392 e. The largest absolute Gasteiger partial charge is 0.392 e. The van der Waals surface area contributed by atoms with Crippen molar-refractivity contribution in [1.82, 2.24) is 10.3 Å². The Morgan fingerprint density at radius 3 is 2.71 bits per heavy atom. The Kier molecular flexibility index (Phi) is 4.88. The summed E-state index contributed by atoms with van der Waals surface area (Å²) in [4.78, 5) is 8.47. The molecular weight excluding hydrogens is 258 g/mol. The molecule has 1 atom stereocenters. The first kappa shape index (κ1) is 15.0. The monoisotopic (exact) mass is 279 g/mol. The van der Waals surface area contributed by atoms with Gasteiger partial charge in [0.05, 0.1) is 11.6 Å². The molecule has 2 aromatic rings. The SMILES string of the molecule is C=N/C(=C\NC)C(c1cccnc1)c1cccc(C)c1C. The molecule has 1 aromatic carbocycles. The van der Waals surface area contributed by atoms with E-state index in [-0.39, 0.29) is 5.92 Å². The number of hydrogen-bond donors (Lipinski definition) is 1. The van der Waals surface area contributed by atoms with E-state index in [0.29, 0.717) is 0 Å². The molecule has 0 saturated heterocycles. The number of hydrogen-bond acceptors (Lipinski definition) is 3. The van der Waals surface area contributed by atoms with Crippen molar-refractivity contribution in [1.29, 1.82) is 0 Å². The second kappa shape index (κ2) is 6.84. The van der Waals surface area contributed by atoms with Gasteiger partial charge in [-0.05, 0) is 48.9 Å². The molecule has 3 heteroatoms. The highest BCUT2D eigenvalue weighted by molar-refractivity contribution is 5.47. The van der Waals surface area contributed by atoms with E-state index in [9.17, 15) is 0 Å². The molecule has 108 valence electrons. The summed E-state index contributed by atoms with van der Waals surface area (Å²) in [5, 5.41) is 3.06.